The molecule has 200 valence electrons. The van der Waals surface area contributed by atoms with E-state index in [1.165, 1.54) is 4.57 Å². The average Bonchev–Trinajstić information content (AvgIpc) is 2.90. The molecule has 2 amide bonds. The fourth-order valence-corrected chi connectivity index (χ4v) is 5.43. The maximum Gasteiger partial charge on any atom is 0.405 e. The molecule has 0 radical (unpaired) electrons. The number of carbonyl (C=O) groups is 2. The normalized spacial score (nSPS) is 14.3. The van der Waals surface area contributed by atoms with Crippen molar-refractivity contribution in [3.8, 4) is 0 Å². The summed E-state index contributed by atoms with van der Waals surface area (Å²) in [4.78, 5) is 50.5. The Balaban J connectivity index is 1.47. The van der Waals surface area contributed by atoms with Gasteiger partial charge in [-0.25, -0.2) is 4.79 Å². The average molecular weight is 578 g/mol. The number of primary amides is 1. The second-order valence-corrected chi connectivity index (χ2v) is 10.3. The summed E-state index contributed by atoms with van der Waals surface area (Å²) in [6, 6.07) is 8.60. The molecule has 0 spiro atoms. The summed E-state index contributed by atoms with van der Waals surface area (Å²) in [5.74, 6) is 0.0876. The molecule has 4 N–H and O–H groups in total. The lowest BCUT2D eigenvalue weighted by atomic mass is 10.1. The first kappa shape index (κ1) is 27.6. The summed E-state index contributed by atoms with van der Waals surface area (Å²) >= 11 is 13.5. The highest BCUT2D eigenvalue weighted by Gasteiger charge is 2.31. The van der Waals surface area contributed by atoms with Crippen LogP contribution < -0.4 is 21.9 Å². The van der Waals surface area contributed by atoms with Crippen molar-refractivity contribution in [1.29, 1.82) is 0 Å². The summed E-state index contributed by atoms with van der Waals surface area (Å²) in [6.45, 7) is 1.41. The quantitative estimate of drug-likeness (QED) is 0.431. The molecule has 11 nitrogen and oxygen atoms in total. The maximum absolute atomic E-state index is 13.2. The van der Waals surface area contributed by atoms with Crippen molar-refractivity contribution in [3.05, 3.63) is 68.7 Å². The Morgan fingerprint density at radius 3 is 2.47 bits per heavy atom. The van der Waals surface area contributed by atoms with Crippen LogP contribution in [0.1, 0.15) is 5.56 Å². The van der Waals surface area contributed by atoms with Crippen LogP contribution in [0.3, 0.4) is 0 Å². The predicted molar refractivity (Wildman–Crippen MR) is 146 cm³/mol. The Bertz CT molecular complexity index is 1400. The van der Waals surface area contributed by atoms with Crippen molar-refractivity contribution in [1.82, 2.24) is 19.4 Å². The Morgan fingerprint density at radius 2 is 1.82 bits per heavy atom. The predicted octanol–water partition coefficient (Wildman–Crippen LogP) is 2.57. The lowest BCUT2D eigenvalue weighted by Crippen LogP contribution is -2.53. The molecule has 38 heavy (non-hydrogen) atoms. The molecule has 1 atom stereocenters. The number of ether oxygens (including phenoxy) is 1. The summed E-state index contributed by atoms with van der Waals surface area (Å²) in [6.07, 6.45) is 1.27. The zero-order chi connectivity index (χ0) is 27.4. The monoisotopic (exact) mass is 577 g/mol. The van der Waals surface area contributed by atoms with Crippen LogP contribution in [0.2, 0.25) is 10.0 Å². The first-order chi connectivity index (χ1) is 18.2. The number of amides is 2. The number of halogens is 2. The highest BCUT2D eigenvalue weighted by molar-refractivity contribution is 7.99. The van der Waals surface area contributed by atoms with E-state index in [2.05, 4.69) is 9.97 Å². The summed E-state index contributed by atoms with van der Waals surface area (Å²) in [7, 11) is 1.61. The van der Waals surface area contributed by atoms with E-state index in [1.807, 2.05) is 4.90 Å². The van der Waals surface area contributed by atoms with Crippen LogP contribution in [0, 0.1) is 0 Å². The number of nitrogen functional groups attached to an aromatic ring is 1. The molecule has 0 bridgehead atoms. The van der Waals surface area contributed by atoms with Crippen molar-refractivity contribution in [2.75, 3.05) is 36.8 Å². The molecule has 1 aliphatic rings. The third-order valence-corrected chi connectivity index (χ3v) is 8.04. The number of benzene rings is 1. The highest BCUT2D eigenvalue weighted by Crippen LogP contribution is 2.37. The third kappa shape index (κ3) is 6.14. The minimum atomic E-state index is -1.06. The Labute approximate surface area is 232 Å². The molecule has 1 aliphatic heterocycles. The molecule has 4 rings (SSSR count). The van der Waals surface area contributed by atoms with E-state index in [4.69, 9.17) is 39.4 Å². The Hall–Kier alpha value is -3.48. The molecule has 3 heterocycles. The van der Waals surface area contributed by atoms with E-state index in [0.29, 0.717) is 47.1 Å². The molecule has 0 saturated carbocycles. The van der Waals surface area contributed by atoms with E-state index in [-0.39, 0.29) is 28.6 Å². The zero-order valence-corrected chi connectivity index (χ0v) is 22.7. The van der Waals surface area contributed by atoms with Gasteiger partial charge in [-0.2, -0.15) is 4.98 Å². The minimum absolute atomic E-state index is 0.0647. The van der Waals surface area contributed by atoms with Gasteiger partial charge in [-0.05, 0) is 29.8 Å². The van der Waals surface area contributed by atoms with E-state index >= 15 is 0 Å². The van der Waals surface area contributed by atoms with Gasteiger partial charge in [-0.3, -0.25) is 19.1 Å². The second kappa shape index (κ2) is 11.9. The molecule has 1 saturated heterocycles. The van der Waals surface area contributed by atoms with Gasteiger partial charge in [-0.15, -0.1) is 0 Å². The fraction of sp³-hybridized carbons (Fsp3) is 0.292. The van der Waals surface area contributed by atoms with Crippen LogP contribution in [0.25, 0.3) is 0 Å². The lowest BCUT2D eigenvalue weighted by Gasteiger charge is -2.37. The summed E-state index contributed by atoms with van der Waals surface area (Å²) in [5.41, 5.74) is 11.9. The van der Waals surface area contributed by atoms with Crippen molar-refractivity contribution in [3.63, 3.8) is 0 Å². The number of rotatable bonds is 7. The lowest BCUT2D eigenvalue weighted by molar-refractivity contribution is -0.140. The standard InChI is InChI=1S/C24H25Cl2N7O4S/c1-31-22(35)19(38-17-4-2-3-15(25)18(17)26)20(27)30-24(31)33-11-9-32(10-12-33)21(34)16(37-23(28)36)13-14-5-7-29-8-6-14/h2-8,16H,9-13,27H2,1H3,(H2,28,36). The Morgan fingerprint density at radius 1 is 1.13 bits per heavy atom. The van der Waals surface area contributed by atoms with Gasteiger partial charge in [0.2, 0.25) is 5.95 Å². The van der Waals surface area contributed by atoms with Crippen LogP contribution in [-0.2, 0) is 23.0 Å². The molecule has 2 aromatic heterocycles. The summed E-state index contributed by atoms with van der Waals surface area (Å²) in [5, 5.41) is 0.696. The van der Waals surface area contributed by atoms with Crippen molar-refractivity contribution < 1.29 is 14.3 Å². The molecule has 1 unspecified atom stereocenters. The number of anilines is 2. The van der Waals surface area contributed by atoms with Crippen LogP contribution in [0.15, 0.2) is 57.3 Å². The van der Waals surface area contributed by atoms with Gasteiger partial charge in [-0.1, -0.05) is 41.0 Å². The van der Waals surface area contributed by atoms with Crippen LogP contribution in [-0.4, -0.2) is 63.7 Å². The van der Waals surface area contributed by atoms with Gasteiger partial charge in [0.05, 0.1) is 10.0 Å². The first-order valence-electron chi connectivity index (χ1n) is 11.5. The number of aromatic nitrogens is 3. The molecule has 1 aromatic carbocycles. The second-order valence-electron chi connectivity index (χ2n) is 8.44. The van der Waals surface area contributed by atoms with Crippen molar-refractivity contribution >= 4 is 58.7 Å². The van der Waals surface area contributed by atoms with Crippen LogP contribution in [0.5, 0.6) is 0 Å². The first-order valence-corrected chi connectivity index (χ1v) is 13.1. The molecular formula is C24H25Cl2N7O4S. The van der Waals surface area contributed by atoms with Crippen LogP contribution >= 0.6 is 35.0 Å². The molecule has 1 fully saturated rings. The van der Waals surface area contributed by atoms with E-state index < -0.39 is 12.2 Å². The van der Waals surface area contributed by atoms with E-state index in [1.54, 1.807) is 54.7 Å². The van der Waals surface area contributed by atoms with Gasteiger partial charge in [0.25, 0.3) is 11.5 Å². The fourth-order valence-electron chi connectivity index (χ4n) is 4.02. The Kier molecular flexibility index (Phi) is 8.65. The van der Waals surface area contributed by atoms with Gasteiger partial charge < -0.3 is 26.0 Å². The summed E-state index contributed by atoms with van der Waals surface area (Å²) < 4.78 is 6.54. The number of hydrogen-bond donors (Lipinski definition) is 2. The number of nitrogens with two attached hydrogens (primary N) is 2. The molecule has 3 aromatic rings. The van der Waals surface area contributed by atoms with Gasteiger partial charge in [0.15, 0.2) is 6.10 Å². The number of piperazine rings is 1. The van der Waals surface area contributed by atoms with E-state index in [0.717, 1.165) is 17.3 Å². The third-order valence-electron chi connectivity index (χ3n) is 5.96. The SMILES string of the molecule is Cn1c(N2CCN(C(=O)C(Cc3ccncc3)OC(N)=O)CC2)nc(N)c(Sc2cccc(Cl)c2Cl)c1=O. The van der Waals surface area contributed by atoms with Crippen LogP contribution in [0.4, 0.5) is 16.6 Å². The van der Waals surface area contributed by atoms with Gasteiger partial charge in [0, 0.05) is 56.9 Å². The number of carbonyl (C=O) groups excluding carboxylic acids is 2. The minimum Gasteiger partial charge on any atom is -0.436 e. The molecule has 0 aliphatic carbocycles. The number of hydrogen-bond acceptors (Lipinski definition) is 9. The topological polar surface area (TPSA) is 150 Å². The maximum atomic E-state index is 13.2. The number of nitrogens with zero attached hydrogens (tertiary/aromatic N) is 5. The van der Waals surface area contributed by atoms with Crippen molar-refractivity contribution in [2.24, 2.45) is 12.8 Å². The zero-order valence-electron chi connectivity index (χ0n) is 20.3. The largest absolute Gasteiger partial charge is 0.436 e. The smallest absolute Gasteiger partial charge is 0.405 e. The van der Waals surface area contributed by atoms with Crippen molar-refractivity contribution in [2.45, 2.75) is 22.3 Å². The number of pyridine rings is 1. The van der Waals surface area contributed by atoms with Gasteiger partial charge >= 0.3 is 6.09 Å². The molecule has 14 heteroatoms. The van der Waals surface area contributed by atoms with E-state index in [9.17, 15) is 14.4 Å². The molecular weight excluding hydrogens is 553 g/mol. The van der Waals surface area contributed by atoms with Gasteiger partial charge in [0.1, 0.15) is 10.7 Å². The highest BCUT2D eigenvalue weighted by atomic mass is 35.5.